The number of nitrogens with zero attached hydrogens (tertiary/aromatic N) is 1. The molecule has 19 heavy (non-hydrogen) atoms. The Morgan fingerprint density at radius 3 is 2.58 bits per heavy atom. The van der Waals surface area contributed by atoms with Crippen LogP contribution in [-0.4, -0.2) is 12.0 Å². The molecule has 1 atom stereocenters. The average molecular weight is 262 g/mol. The third-order valence-corrected chi connectivity index (χ3v) is 3.15. The van der Waals surface area contributed by atoms with Gasteiger partial charge in [-0.3, -0.25) is 4.98 Å². The van der Waals surface area contributed by atoms with Crippen molar-refractivity contribution >= 4 is 0 Å². The summed E-state index contributed by atoms with van der Waals surface area (Å²) in [7, 11) is 1.75. The minimum Gasteiger partial charge on any atom is -0.313 e. The molecule has 0 aliphatic carbocycles. The second-order valence-electron chi connectivity index (χ2n) is 4.40. The molecule has 100 valence electrons. The Hall–Kier alpha value is -1.81. The van der Waals surface area contributed by atoms with E-state index in [0.717, 1.165) is 18.1 Å². The largest absolute Gasteiger partial charge is 0.313 e. The van der Waals surface area contributed by atoms with Gasteiger partial charge >= 0.3 is 0 Å². The molecule has 1 aromatic carbocycles. The van der Waals surface area contributed by atoms with Crippen LogP contribution < -0.4 is 5.32 Å². The topological polar surface area (TPSA) is 24.9 Å². The van der Waals surface area contributed by atoms with Gasteiger partial charge in [-0.2, -0.15) is 0 Å². The molecular formula is C15H16F2N2. The summed E-state index contributed by atoms with van der Waals surface area (Å²) in [4.78, 5) is 3.95. The molecule has 0 spiro atoms. The van der Waals surface area contributed by atoms with Crippen LogP contribution in [0.25, 0.3) is 0 Å². The van der Waals surface area contributed by atoms with Gasteiger partial charge in [0.15, 0.2) is 0 Å². The Bertz CT molecular complexity index is 529. The molecule has 0 bridgehead atoms. The number of aromatic nitrogens is 1. The second kappa shape index (κ2) is 6.38. The van der Waals surface area contributed by atoms with Crippen LogP contribution in [-0.2, 0) is 6.42 Å². The number of hydrogen-bond acceptors (Lipinski definition) is 2. The minimum absolute atomic E-state index is 0.205. The lowest BCUT2D eigenvalue weighted by atomic mass is 9.99. The van der Waals surface area contributed by atoms with E-state index in [4.69, 9.17) is 0 Å². The number of hydrogen-bond donors (Lipinski definition) is 1. The van der Waals surface area contributed by atoms with Gasteiger partial charge in [0.1, 0.15) is 11.6 Å². The van der Waals surface area contributed by atoms with Crippen molar-refractivity contribution in [2.75, 3.05) is 7.05 Å². The number of benzene rings is 1. The molecule has 2 aromatic rings. The van der Waals surface area contributed by atoms with E-state index in [0.29, 0.717) is 12.0 Å². The number of rotatable bonds is 5. The maximum atomic E-state index is 13.7. The Morgan fingerprint density at radius 2 is 1.89 bits per heavy atom. The predicted octanol–water partition coefficient (Wildman–Crippen LogP) is 3.25. The first-order chi connectivity index (χ1) is 9.20. The molecule has 1 heterocycles. The van der Waals surface area contributed by atoms with Crippen LogP contribution in [0.4, 0.5) is 8.78 Å². The van der Waals surface area contributed by atoms with Crippen LogP contribution in [0.3, 0.4) is 0 Å². The zero-order valence-electron chi connectivity index (χ0n) is 10.7. The SMILES string of the molecule is CNC(CCc1ccncc1)c1cc(F)ccc1F. The molecule has 0 saturated carbocycles. The Kier molecular flexibility index (Phi) is 4.58. The number of nitrogens with one attached hydrogen (secondary N) is 1. The fraction of sp³-hybridized carbons (Fsp3) is 0.267. The summed E-state index contributed by atoms with van der Waals surface area (Å²) >= 11 is 0. The highest BCUT2D eigenvalue weighted by Gasteiger charge is 2.14. The standard InChI is InChI=1S/C15H16F2N2/c1-18-15(5-2-11-6-8-19-9-7-11)13-10-12(16)3-4-14(13)17/h3-4,6-10,15,18H,2,5H2,1H3. The van der Waals surface area contributed by atoms with E-state index in [-0.39, 0.29) is 11.9 Å². The lowest BCUT2D eigenvalue weighted by Crippen LogP contribution is -2.18. The van der Waals surface area contributed by atoms with Crippen molar-refractivity contribution < 1.29 is 8.78 Å². The van der Waals surface area contributed by atoms with Crippen LogP contribution >= 0.6 is 0 Å². The van der Waals surface area contributed by atoms with E-state index in [2.05, 4.69) is 10.3 Å². The highest BCUT2D eigenvalue weighted by molar-refractivity contribution is 5.23. The van der Waals surface area contributed by atoms with E-state index in [9.17, 15) is 8.78 Å². The van der Waals surface area contributed by atoms with Crippen molar-refractivity contribution in [1.82, 2.24) is 10.3 Å². The fourth-order valence-electron chi connectivity index (χ4n) is 2.10. The van der Waals surface area contributed by atoms with Gasteiger partial charge in [-0.15, -0.1) is 0 Å². The molecule has 0 fully saturated rings. The Labute approximate surface area is 111 Å². The third kappa shape index (κ3) is 3.58. The van der Waals surface area contributed by atoms with Gasteiger partial charge in [0.25, 0.3) is 0 Å². The summed E-state index contributed by atoms with van der Waals surface area (Å²) in [6, 6.07) is 7.20. The second-order valence-corrected chi connectivity index (χ2v) is 4.40. The van der Waals surface area contributed by atoms with Crippen LogP contribution in [0.2, 0.25) is 0 Å². The summed E-state index contributed by atoms with van der Waals surface area (Å²) in [5.41, 5.74) is 1.50. The van der Waals surface area contributed by atoms with Gasteiger partial charge in [-0.05, 0) is 55.8 Å². The molecule has 1 aromatic heterocycles. The zero-order valence-corrected chi connectivity index (χ0v) is 10.7. The van der Waals surface area contributed by atoms with Crippen molar-refractivity contribution in [3.63, 3.8) is 0 Å². The first kappa shape index (κ1) is 13.6. The van der Waals surface area contributed by atoms with Crippen LogP contribution in [0, 0.1) is 11.6 Å². The molecule has 0 aliphatic heterocycles. The average Bonchev–Trinajstić information content (AvgIpc) is 2.44. The minimum atomic E-state index is -0.416. The summed E-state index contributed by atoms with van der Waals surface area (Å²) in [5, 5.41) is 3.03. The molecule has 0 aliphatic rings. The number of aryl methyl sites for hydroxylation is 1. The van der Waals surface area contributed by atoms with Crippen molar-refractivity contribution in [3.8, 4) is 0 Å². The normalized spacial score (nSPS) is 12.4. The van der Waals surface area contributed by atoms with Crippen LogP contribution in [0.5, 0.6) is 0 Å². The van der Waals surface area contributed by atoms with E-state index in [1.807, 2.05) is 12.1 Å². The smallest absolute Gasteiger partial charge is 0.128 e. The molecule has 0 saturated heterocycles. The Morgan fingerprint density at radius 1 is 1.16 bits per heavy atom. The van der Waals surface area contributed by atoms with Gasteiger partial charge in [0, 0.05) is 24.0 Å². The van der Waals surface area contributed by atoms with E-state index in [1.54, 1.807) is 19.4 Å². The number of pyridine rings is 1. The molecule has 1 unspecified atom stereocenters. The Balaban J connectivity index is 2.10. The summed E-state index contributed by atoms with van der Waals surface area (Å²) in [5.74, 6) is -0.795. The summed E-state index contributed by atoms with van der Waals surface area (Å²) in [6.07, 6.45) is 4.93. The lowest BCUT2D eigenvalue weighted by Gasteiger charge is -2.17. The summed E-state index contributed by atoms with van der Waals surface area (Å²) in [6.45, 7) is 0. The molecule has 0 amide bonds. The maximum Gasteiger partial charge on any atom is 0.128 e. The van der Waals surface area contributed by atoms with Crippen molar-refractivity contribution in [2.45, 2.75) is 18.9 Å². The van der Waals surface area contributed by atoms with Crippen molar-refractivity contribution in [3.05, 3.63) is 65.5 Å². The van der Waals surface area contributed by atoms with Gasteiger partial charge in [0.05, 0.1) is 0 Å². The van der Waals surface area contributed by atoms with Crippen LogP contribution in [0.1, 0.15) is 23.6 Å². The van der Waals surface area contributed by atoms with Crippen molar-refractivity contribution in [2.24, 2.45) is 0 Å². The first-order valence-electron chi connectivity index (χ1n) is 6.22. The predicted molar refractivity (Wildman–Crippen MR) is 70.7 cm³/mol. The van der Waals surface area contributed by atoms with Gasteiger partial charge < -0.3 is 5.32 Å². The number of halogens is 2. The molecule has 0 radical (unpaired) electrons. The zero-order chi connectivity index (χ0) is 13.7. The molecule has 1 N–H and O–H groups in total. The highest BCUT2D eigenvalue weighted by Crippen LogP contribution is 2.22. The van der Waals surface area contributed by atoms with E-state index >= 15 is 0 Å². The van der Waals surface area contributed by atoms with E-state index in [1.165, 1.54) is 12.1 Å². The molecule has 4 heteroatoms. The summed E-state index contributed by atoms with van der Waals surface area (Å²) < 4.78 is 26.9. The monoisotopic (exact) mass is 262 g/mol. The highest BCUT2D eigenvalue weighted by atomic mass is 19.1. The quantitative estimate of drug-likeness (QED) is 0.894. The van der Waals surface area contributed by atoms with E-state index < -0.39 is 5.82 Å². The molecule has 2 nitrogen and oxygen atoms in total. The maximum absolute atomic E-state index is 13.7. The first-order valence-corrected chi connectivity index (χ1v) is 6.22. The van der Waals surface area contributed by atoms with Gasteiger partial charge in [-0.25, -0.2) is 8.78 Å². The fourth-order valence-corrected chi connectivity index (χ4v) is 2.10. The molecular weight excluding hydrogens is 246 g/mol. The third-order valence-electron chi connectivity index (χ3n) is 3.15. The van der Waals surface area contributed by atoms with Gasteiger partial charge in [0.2, 0.25) is 0 Å². The lowest BCUT2D eigenvalue weighted by molar-refractivity contribution is 0.501. The van der Waals surface area contributed by atoms with Crippen LogP contribution in [0.15, 0.2) is 42.7 Å². The van der Waals surface area contributed by atoms with Crippen molar-refractivity contribution in [1.29, 1.82) is 0 Å². The van der Waals surface area contributed by atoms with Gasteiger partial charge in [-0.1, -0.05) is 0 Å². The molecule has 2 rings (SSSR count).